The molecule has 0 saturated carbocycles. The lowest BCUT2D eigenvalue weighted by molar-refractivity contribution is 0.306. The van der Waals surface area contributed by atoms with Gasteiger partial charge >= 0.3 is 0 Å². The lowest BCUT2D eigenvalue weighted by atomic mass is 10.1. The van der Waals surface area contributed by atoms with Crippen molar-refractivity contribution in [3.8, 4) is 17.1 Å². The zero-order chi connectivity index (χ0) is 21.8. The standard InChI is InChI=1S/C26H22N4O2/c27-15-20-12-13-31-25(20)19-6-11-24-23(14-19)26(29-17-28-24)30-21-7-9-22(10-8-21)32-16-18-4-2-1-3-5-18/h1-14,17H,15-16,27H2,(H,28,29,30). The molecule has 0 saturated heterocycles. The third kappa shape index (κ3) is 4.17. The molecule has 3 aromatic carbocycles. The number of hydrogen-bond donors (Lipinski definition) is 2. The van der Waals surface area contributed by atoms with E-state index in [1.54, 1.807) is 12.6 Å². The smallest absolute Gasteiger partial charge is 0.141 e. The third-order valence-electron chi connectivity index (χ3n) is 5.23. The molecule has 0 unspecified atom stereocenters. The maximum Gasteiger partial charge on any atom is 0.141 e. The van der Waals surface area contributed by atoms with Crippen LogP contribution in [-0.2, 0) is 13.2 Å². The van der Waals surface area contributed by atoms with Gasteiger partial charge in [-0.1, -0.05) is 30.3 Å². The molecule has 5 aromatic rings. The average molecular weight is 422 g/mol. The predicted molar refractivity (Wildman–Crippen MR) is 126 cm³/mol. The summed E-state index contributed by atoms with van der Waals surface area (Å²) in [5, 5.41) is 4.28. The molecule has 0 amide bonds. The first kappa shape index (κ1) is 19.8. The molecule has 6 nitrogen and oxygen atoms in total. The zero-order valence-electron chi connectivity index (χ0n) is 17.4. The summed E-state index contributed by atoms with van der Waals surface area (Å²) in [7, 11) is 0. The van der Waals surface area contributed by atoms with Gasteiger partial charge in [0.05, 0.1) is 11.8 Å². The number of ether oxygens (including phenoxy) is 1. The van der Waals surface area contributed by atoms with Crippen LogP contribution in [0, 0.1) is 0 Å². The van der Waals surface area contributed by atoms with E-state index in [0.717, 1.165) is 50.6 Å². The summed E-state index contributed by atoms with van der Waals surface area (Å²) in [6, 6.07) is 25.8. The number of benzene rings is 3. The first-order valence-corrected chi connectivity index (χ1v) is 10.4. The minimum Gasteiger partial charge on any atom is -0.489 e. The number of hydrogen-bond acceptors (Lipinski definition) is 6. The summed E-state index contributed by atoms with van der Waals surface area (Å²) in [4.78, 5) is 8.85. The maximum absolute atomic E-state index is 5.87. The molecular weight excluding hydrogens is 400 g/mol. The molecule has 0 aliphatic rings. The van der Waals surface area contributed by atoms with E-state index in [-0.39, 0.29) is 0 Å². The zero-order valence-corrected chi connectivity index (χ0v) is 17.4. The maximum atomic E-state index is 5.87. The van der Waals surface area contributed by atoms with Gasteiger partial charge in [-0.3, -0.25) is 0 Å². The van der Waals surface area contributed by atoms with Gasteiger partial charge in [0, 0.05) is 28.7 Å². The minimum absolute atomic E-state index is 0.416. The van der Waals surface area contributed by atoms with E-state index in [0.29, 0.717) is 13.2 Å². The van der Waals surface area contributed by atoms with Crippen LogP contribution in [0.15, 0.2) is 95.9 Å². The first-order chi connectivity index (χ1) is 15.8. The van der Waals surface area contributed by atoms with Gasteiger partial charge in [0.2, 0.25) is 0 Å². The van der Waals surface area contributed by atoms with Crippen molar-refractivity contribution in [2.24, 2.45) is 5.73 Å². The van der Waals surface area contributed by atoms with E-state index in [2.05, 4.69) is 15.3 Å². The SMILES string of the molecule is NCc1ccoc1-c1ccc2ncnc(Nc3ccc(OCc4ccccc4)cc3)c2c1. The summed E-state index contributed by atoms with van der Waals surface area (Å²) >= 11 is 0. The van der Waals surface area contributed by atoms with E-state index in [1.807, 2.05) is 78.9 Å². The van der Waals surface area contributed by atoms with Crippen LogP contribution in [0.2, 0.25) is 0 Å². The number of aromatic nitrogens is 2. The van der Waals surface area contributed by atoms with Crippen LogP contribution < -0.4 is 15.8 Å². The second-order valence-corrected chi connectivity index (χ2v) is 7.36. The van der Waals surface area contributed by atoms with Crippen LogP contribution in [0.25, 0.3) is 22.2 Å². The number of anilines is 2. The van der Waals surface area contributed by atoms with Crippen molar-refractivity contribution in [2.45, 2.75) is 13.2 Å². The number of fused-ring (bicyclic) bond motifs is 1. The topological polar surface area (TPSA) is 86.2 Å². The van der Waals surface area contributed by atoms with Crippen molar-refractivity contribution in [2.75, 3.05) is 5.32 Å². The molecule has 0 atom stereocenters. The summed E-state index contributed by atoms with van der Waals surface area (Å²) in [6.45, 7) is 0.948. The Morgan fingerprint density at radius 2 is 1.75 bits per heavy atom. The van der Waals surface area contributed by atoms with Gasteiger partial charge in [-0.05, 0) is 54.1 Å². The van der Waals surface area contributed by atoms with E-state index >= 15 is 0 Å². The van der Waals surface area contributed by atoms with Gasteiger partial charge in [-0.2, -0.15) is 0 Å². The molecule has 3 N–H and O–H groups in total. The Labute approximate surface area is 185 Å². The molecule has 158 valence electrons. The van der Waals surface area contributed by atoms with Crippen LogP contribution in [0.1, 0.15) is 11.1 Å². The van der Waals surface area contributed by atoms with Crippen molar-refractivity contribution >= 4 is 22.4 Å². The van der Waals surface area contributed by atoms with E-state index in [4.69, 9.17) is 14.9 Å². The highest BCUT2D eigenvalue weighted by atomic mass is 16.5. The molecule has 6 heteroatoms. The number of furan rings is 1. The Morgan fingerprint density at radius 1 is 0.906 bits per heavy atom. The van der Waals surface area contributed by atoms with Crippen molar-refractivity contribution < 1.29 is 9.15 Å². The lowest BCUT2D eigenvalue weighted by Gasteiger charge is -2.11. The van der Waals surface area contributed by atoms with Crippen LogP contribution >= 0.6 is 0 Å². The lowest BCUT2D eigenvalue weighted by Crippen LogP contribution is -1.98. The highest BCUT2D eigenvalue weighted by Gasteiger charge is 2.11. The molecule has 0 aliphatic heterocycles. The number of nitrogens with two attached hydrogens (primary N) is 1. The summed E-state index contributed by atoms with van der Waals surface area (Å²) in [5.74, 6) is 2.29. The van der Waals surface area contributed by atoms with E-state index in [1.165, 1.54) is 0 Å². The summed E-state index contributed by atoms with van der Waals surface area (Å²) in [6.07, 6.45) is 3.21. The Morgan fingerprint density at radius 3 is 2.56 bits per heavy atom. The number of nitrogens with one attached hydrogen (secondary N) is 1. The van der Waals surface area contributed by atoms with Gasteiger partial charge < -0.3 is 20.2 Å². The Kier molecular flexibility index (Phi) is 5.51. The molecule has 0 radical (unpaired) electrons. The number of nitrogens with zero attached hydrogens (tertiary/aromatic N) is 2. The van der Waals surface area contributed by atoms with Gasteiger partial charge in [0.1, 0.15) is 30.3 Å². The fourth-order valence-electron chi connectivity index (χ4n) is 3.56. The van der Waals surface area contributed by atoms with Crippen molar-refractivity contribution in [1.29, 1.82) is 0 Å². The van der Waals surface area contributed by atoms with Crippen molar-refractivity contribution in [3.05, 3.63) is 103 Å². The van der Waals surface area contributed by atoms with Crippen molar-refractivity contribution in [3.63, 3.8) is 0 Å². The third-order valence-corrected chi connectivity index (χ3v) is 5.23. The van der Waals surface area contributed by atoms with Crippen molar-refractivity contribution in [1.82, 2.24) is 9.97 Å². The molecule has 2 aromatic heterocycles. The van der Waals surface area contributed by atoms with E-state index in [9.17, 15) is 0 Å². The monoisotopic (exact) mass is 422 g/mol. The molecule has 32 heavy (non-hydrogen) atoms. The minimum atomic E-state index is 0.416. The fourth-order valence-corrected chi connectivity index (χ4v) is 3.56. The van der Waals surface area contributed by atoms with Gasteiger partial charge in [0.15, 0.2) is 0 Å². The summed E-state index contributed by atoms with van der Waals surface area (Å²) in [5.41, 5.74) is 10.6. The molecule has 0 spiro atoms. The van der Waals surface area contributed by atoms with Crippen LogP contribution in [0.5, 0.6) is 5.75 Å². The highest BCUT2D eigenvalue weighted by molar-refractivity contribution is 5.93. The quantitative estimate of drug-likeness (QED) is 0.351. The number of rotatable bonds is 7. The summed E-state index contributed by atoms with van der Waals surface area (Å²) < 4.78 is 11.5. The van der Waals surface area contributed by atoms with Crippen LogP contribution in [-0.4, -0.2) is 9.97 Å². The highest BCUT2D eigenvalue weighted by Crippen LogP contribution is 2.31. The molecule has 0 fully saturated rings. The van der Waals surface area contributed by atoms with E-state index < -0.39 is 0 Å². The molecule has 5 rings (SSSR count). The Balaban J connectivity index is 1.37. The predicted octanol–water partition coefficient (Wildman–Crippen LogP) is 5.67. The van der Waals surface area contributed by atoms with Gasteiger partial charge in [-0.15, -0.1) is 0 Å². The van der Waals surface area contributed by atoms with Crippen LogP contribution in [0.4, 0.5) is 11.5 Å². The molecular formula is C26H22N4O2. The molecule has 2 heterocycles. The van der Waals surface area contributed by atoms with Gasteiger partial charge in [0.25, 0.3) is 0 Å². The Bertz CT molecular complexity index is 1330. The average Bonchev–Trinajstić information content (AvgIpc) is 3.33. The Hall–Kier alpha value is -4.16. The van der Waals surface area contributed by atoms with Crippen LogP contribution in [0.3, 0.4) is 0 Å². The second kappa shape index (κ2) is 8.91. The largest absolute Gasteiger partial charge is 0.489 e. The normalized spacial score (nSPS) is 10.9. The first-order valence-electron chi connectivity index (χ1n) is 10.4. The molecule has 0 bridgehead atoms. The van der Waals surface area contributed by atoms with Gasteiger partial charge in [-0.25, -0.2) is 9.97 Å². The molecule has 0 aliphatic carbocycles. The second-order valence-electron chi connectivity index (χ2n) is 7.36. The fraction of sp³-hybridized carbons (Fsp3) is 0.0769.